The number of ether oxygens (including phenoxy) is 1. The molecule has 0 spiro atoms. The largest absolute Gasteiger partial charge is 0.452 e. The second kappa shape index (κ2) is 8.61. The Labute approximate surface area is 150 Å². The summed E-state index contributed by atoms with van der Waals surface area (Å²) in [6.45, 7) is 1.91. The van der Waals surface area contributed by atoms with Crippen LogP contribution in [0.2, 0.25) is 0 Å². The Morgan fingerprint density at radius 3 is 2.54 bits per heavy atom. The van der Waals surface area contributed by atoms with Crippen LogP contribution in [0.1, 0.15) is 28.8 Å². The normalized spacial score (nSPS) is 11.4. The van der Waals surface area contributed by atoms with Gasteiger partial charge in [-0.1, -0.05) is 37.3 Å². The van der Waals surface area contributed by atoms with E-state index < -0.39 is 23.4 Å². The van der Waals surface area contributed by atoms with Gasteiger partial charge in [0.2, 0.25) is 0 Å². The number of nitrogens with two attached hydrogens (primary N) is 1. The fourth-order valence-corrected chi connectivity index (χ4v) is 2.28. The number of rotatable bonds is 7. The topological polar surface area (TPSA) is 125 Å². The summed E-state index contributed by atoms with van der Waals surface area (Å²) in [7, 11) is 0. The van der Waals surface area contributed by atoms with Gasteiger partial charge >= 0.3 is 5.97 Å². The maximum absolute atomic E-state index is 12.0. The van der Waals surface area contributed by atoms with E-state index in [4.69, 9.17) is 10.5 Å². The van der Waals surface area contributed by atoms with Gasteiger partial charge in [0.25, 0.3) is 11.6 Å². The van der Waals surface area contributed by atoms with Crippen molar-refractivity contribution in [1.82, 2.24) is 5.32 Å². The van der Waals surface area contributed by atoms with Crippen molar-refractivity contribution in [2.24, 2.45) is 0 Å². The number of anilines is 1. The Hall–Kier alpha value is -3.42. The fourth-order valence-electron chi connectivity index (χ4n) is 2.28. The van der Waals surface area contributed by atoms with Crippen LogP contribution in [0.25, 0.3) is 0 Å². The molecule has 2 aromatic carbocycles. The van der Waals surface area contributed by atoms with Gasteiger partial charge in [0.05, 0.1) is 16.2 Å². The van der Waals surface area contributed by atoms with Gasteiger partial charge in [-0.15, -0.1) is 0 Å². The molecular weight excluding hydrogens is 338 g/mol. The van der Waals surface area contributed by atoms with Gasteiger partial charge in [0.1, 0.15) is 0 Å². The first kappa shape index (κ1) is 18.9. The van der Waals surface area contributed by atoms with Crippen molar-refractivity contribution in [2.75, 3.05) is 18.9 Å². The zero-order chi connectivity index (χ0) is 19.1. The van der Waals surface area contributed by atoms with Crippen LogP contribution in [-0.4, -0.2) is 30.0 Å². The number of non-ortho nitro benzene ring substituents is 1. The van der Waals surface area contributed by atoms with E-state index in [1.807, 2.05) is 37.3 Å². The summed E-state index contributed by atoms with van der Waals surface area (Å²) in [4.78, 5) is 33.8. The molecule has 0 radical (unpaired) electrons. The van der Waals surface area contributed by atoms with Gasteiger partial charge in [-0.25, -0.2) is 4.79 Å². The molecule has 0 aromatic heterocycles. The first-order valence-corrected chi connectivity index (χ1v) is 7.91. The Bertz CT molecular complexity index is 808. The number of hydrogen-bond acceptors (Lipinski definition) is 6. The van der Waals surface area contributed by atoms with Crippen LogP contribution in [0.15, 0.2) is 48.5 Å². The van der Waals surface area contributed by atoms with E-state index in [1.54, 1.807) is 0 Å². The first-order chi connectivity index (χ1) is 12.4. The van der Waals surface area contributed by atoms with Gasteiger partial charge in [0.15, 0.2) is 6.61 Å². The molecule has 3 N–H and O–H groups in total. The van der Waals surface area contributed by atoms with E-state index in [0.29, 0.717) is 6.54 Å². The van der Waals surface area contributed by atoms with Crippen molar-refractivity contribution in [3.05, 3.63) is 69.8 Å². The minimum Gasteiger partial charge on any atom is -0.452 e. The van der Waals surface area contributed by atoms with E-state index in [1.165, 1.54) is 6.07 Å². The van der Waals surface area contributed by atoms with Gasteiger partial charge in [-0.3, -0.25) is 14.9 Å². The Morgan fingerprint density at radius 1 is 1.23 bits per heavy atom. The molecule has 0 aliphatic carbocycles. The smallest absolute Gasteiger partial charge is 0.340 e. The summed E-state index contributed by atoms with van der Waals surface area (Å²) in [5, 5.41) is 13.3. The van der Waals surface area contributed by atoms with Crippen molar-refractivity contribution < 1.29 is 19.2 Å². The van der Waals surface area contributed by atoms with Crippen LogP contribution < -0.4 is 11.1 Å². The number of nitro groups is 1. The Kier molecular flexibility index (Phi) is 6.26. The standard InChI is InChI=1S/C18H19N3O5/c1-12(13-5-3-2-4-6-13)10-20-17(22)11-26-18(23)15-8-7-14(21(24)25)9-16(15)19/h2-9,12H,10-11,19H2,1H3,(H,20,22)/t12-/m1/s1. The van der Waals surface area contributed by atoms with E-state index in [9.17, 15) is 19.7 Å². The van der Waals surface area contributed by atoms with Crippen LogP contribution in [0.4, 0.5) is 11.4 Å². The van der Waals surface area contributed by atoms with Crippen LogP contribution in [-0.2, 0) is 9.53 Å². The van der Waals surface area contributed by atoms with E-state index in [-0.39, 0.29) is 22.9 Å². The third-order valence-electron chi connectivity index (χ3n) is 3.77. The third-order valence-corrected chi connectivity index (χ3v) is 3.77. The van der Waals surface area contributed by atoms with Gasteiger partial charge in [-0.2, -0.15) is 0 Å². The number of nitrogens with zero attached hydrogens (tertiary/aromatic N) is 1. The van der Waals surface area contributed by atoms with Crippen LogP contribution in [0.3, 0.4) is 0 Å². The lowest BCUT2D eigenvalue weighted by Crippen LogP contribution is -2.31. The number of nitro benzene ring substituents is 1. The van der Waals surface area contributed by atoms with E-state index in [2.05, 4.69) is 5.32 Å². The average Bonchev–Trinajstić information content (AvgIpc) is 2.64. The maximum Gasteiger partial charge on any atom is 0.340 e. The predicted octanol–water partition coefficient (Wildman–Crippen LogP) is 2.25. The molecule has 2 aromatic rings. The number of carbonyl (C=O) groups is 2. The Balaban J connectivity index is 1.83. The zero-order valence-electron chi connectivity index (χ0n) is 14.2. The average molecular weight is 357 g/mol. The van der Waals surface area contributed by atoms with Crippen molar-refractivity contribution in [1.29, 1.82) is 0 Å². The van der Waals surface area contributed by atoms with Gasteiger partial charge in [-0.05, 0) is 17.5 Å². The molecule has 0 fully saturated rings. The highest BCUT2D eigenvalue weighted by atomic mass is 16.6. The summed E-state index contributed by atoms with van der Waals surface area (Å²) < 4.78 is 4.91. The van der Waals surface area contributed by atoms with Crippen LogP contribution in [0, 0.1) is 10.1 Å². The Morgan fingerprint density at radius 2 is 1.92 bits per heavy atom. The molecule has 1 atom stereocenters. The van der Waals surface area contributed by atoms with E-state index >= 15 is 0 Å². The number of nitrogens with one attached hydrogen (secondary N) is 1. The third kappa shape index (κ3) is 5.04. The monoisotopic (exact) mass is 357 g/mol. The van der Waals surface area contributed by atoms with Crippen LogP contribution in [0.5, 0.6) is 0 Å². The zero-order valence-corrected chi connectivity index (χ0v) is 14.2. The molecule has 2 rings (SSSR count). The SMILES string of the molecule is C[C@H](CNC(=O)COC(=O)c1ccc([N+](=O)[O-])cc1N)c1ccccc1. The molecule has 26 heavy (non-hydrogen) atoms. The summed E-state index contributed by atoms with van der Waals surface area (Å²) in [5.74, 6) is -1.15. The van der Waals surface area contributed by atoms with Gasteiger partial charge in [0, 0.05) is 18.7 Å². The molecule has 8 heteroatoms. The summed E-state index contributed by atoms with van der Waals surface area (Å²) >= 11 is 0. The summed E-state index contributed by atoms with van der Waals surface area (Å²) in [6, 6.07) is 13.1. The minimum atomic E-state index is -0.816. The highest BCUT2D eigenvalue weighted by Gasteiger charge is 2.17. The van der Waals surface area contributed by atoms with Crippen molar-refractivity contribution in [3.63, 3.8) is 0 Å². The second-order valence-electron chi connectivity index (χ2n) is 5.72. The van der Waals surface area contributed by atoms with E-state index in [0.717, 1.165) is 17.7 Å². The molecule has 0 saturated carbocycles. The van der Waals surface area contributed by atoms with Crippen molar-refractivity contribution >= 4 is 23.3 Å². The van der Waals surface area contributed by atoms with Crippen molar-refractivity contribution in [3.8, 4) is 0 Å². The molecular formula is C18H19N3O5. The predicted molar refractivity (Wildman–Crippen MR) is 95.7 cm³/mol. The molecule has 0 unspecified atom stereocenters. The molecule has 0 heterocycles. The highest BCUT2D eigenvalue weighted by molar-refractivity contribution is 5.96. The summed E-state index contributed by atoms with van der Waals surface area (Å²) in [5.41, 5.74) is 6.37. The molecule has 0 aliphatic heterocycles. The van der Waals surface area contributed by atoms with Crippen molar-refractivity contribution in [2.45, 2.75) is 12.8 Å². The number of nitrogen functional groups attached to an aromatic ring is 1. The lowest BCUT2D eigenvalue weighted by Gasteiger charge is -2.13. The number of hydrogen-bond donors (Lipinski definition) is 2. The minimum absolute atomic E-state index is 0.0268. The first-order valence-electron chi connectivity index (χ1n) is 7.91. The number of esters is 1. The molecule has 0 aliphatic rings. The number of benzene rings is 2. The van der Waals surface area contributed by atoms with Crippen LogP contribution >= 0.6 is 0 Å². The highest BCUT2D eigenvalue weighted by Crippen LogP contribution is 2.20. The quantitative estimate of drug-likeness (QED) is 0.339. The molecule has 8 nitrogen and oxygen atoms in total. The number of carbonyl (C=O) groups excluding carboxylic acids is 2. The molecule has 0 bridgehead atoms. The number of amides is 1. The lowest BCUT2D eigenvalue weighted by molar-refractivity contribution is -0.384. The fraction of sp³-hybridized carbons (Fsp3) is 0.222. The lowest BCUT2D eigenvalue weighted by atomic mass is 10.0. The molecule has 1 amide bonds. The maximum atomic E-state index is 12.0. The second-order valence-corrected chi connectivity index (χ2v) is 5.72. The molecule has 136 valence electrons. The van der Waals surface area contributed by atoms with Gasteiger partial charge < -0.3 is 15.8 Å². The molecule has 0 saturated heterocycles. The summed E-state index contributed by atoms with van der Waals surface area (Å²) in [6.07, 6.45) is 0.